The number of likely N-dealkylation sites (N-methyl/N-ethyl adjacent to an activating group) is 1. The zero-order valence-electron chi connectivity index (χ0n) is 14.1. The fourth-order valence-corrected chi connectivity index (χ4v) is 3.45. The Labute approximate surface area is 144 Å². The Hall–Kier alpha value is -2.15. The Morgan fingerprint density at radius 1 is 1.17 bits per heavy atom. The van der Waals surface area contributed by atoms with Crippen molar-refractivity contribution >= 4 is 21.5 Å². The van der Waals surface area contributed by atoms with Crippen LogP contribution in [0.5, 0.6) is 0 Å². The second-order valence-corrected chi connectivity index (χ2v) is 7.55. The van der Waals surface area contributed by atoms with Gasteiger partial charge >= 0.3 is 0 Å². The molecule has 0 aliphatic heterocycles. The molecule has 0 aliphatic rings. The number of hydrogen-bond donors (Lipinski definition) is 1. The van der Waals surface area contributed by atoms with Gasteiger partial charge < -0.3 is 4.90 Å². The number of unbranched alkanes of at least 4 members (excludes halogenated alkanes) is 1. The molecule has 0 aliphatic carbocycles. The molecule has 0 aromatic carbocycles. The Bertz CT molecular complexity index is 718. The number of aromatic nitrogens is 2. The molecule has 0 spiro atoms. The Balaban J connectivity index is 1.91. The predicted octanol–water partition coefficient (Wildman–Crippen LogP) is 2.70. The van der Waals surface area contributed by atoms with Crippen LogP contribution in [0.25, 0.3) is 0 Å². The third-order valence-corrected chi connectivity index (χ3v) is 5.04. The van der Waals surface area contributed by atoms with Gasteiger partial charge in [0.05, 0.1) is 17.6 Å². The lowest BCUT2D eigenvalue weighted by Gasteiger charge is -2.18. The number of nitrogens with one attached hydrogen (secondary N) is 1. The molecule has 0 radical (unpaired) electrons. The third kappa shape index (κ3) is 5.81. The molecule has 2 rings (SSSR count). The maximum Gasteiger partial charge on any atom is 0.232 e. The molecule has 0 saturated carbocycles. The monoisotopic (exact) mass is 348 g/mol. The van der Waals surface area contributed by atoms with E-state index in [0.717, 1.165) is 25.2 Å². The Morgan fingerprint density at radius 2 is 1.92 bits per heavy atom. The lowest BCUT2D eigenvalue weighted by molar-refractivity contribution is 0.598. The molecule has 6 nitrogen and oxygen atoms in total. The van der Waals surface area contributed by atoms with Gasteiger partial charge in [-0.1, -0.05) is 13.3 Å². The van der Waals surface area contributed by atoms with E-state index >= 15 is 0 Å². The van der Waals surface area contributed by atoms with Crippen LogP contribution in [0.4, 0.5) is 11.5 Å². The highest BCUT2D eigenvalue weighted by Crippen LogP contribution is 2.15. The average Bonchev–Trinajstić information content (AvgIpc) is 2.59. The molecule has 1 N–H and O–H groups in total. The number of nitrogens with zero attached hydrogens (tertiary/aromatic N) is 3. The first-order valence-electron chi connectivity index (χ1n) is 8.07. The summed E-state index contributed by atoms with van der Waals surface area (Å²) < 4.78 is 26.3. The van der Waals surface area contributed by atoms with E-state index < -0.39 is 10.0 Å². The minimum Gasteiger partial charge on any atom is -0.359 e. The molecule has 2 aromatic rings. The van der Waals surface area contributed by atoms with Crippen LogP contribution >= 0.6 is 0 Å². The van der Waals surface area contributed by atoms with Gasteiger partial charge in [-0.05, 0) is 42.7 Å². The van der Waals surface area contributed by atoms with E-state index in [1.54, 1.807) is 24.7 Å². The minimum absolute atomic E-state index is 0.136. The van der Waals surface area contributed by atoms with E-state index in [-0.39, 0.29) is 5.75 Å². The van der Waals surface area contributed by atoms with Crippen LogP contribution in [0.1, 0.15) is 25.3 Å². The summed E-state index contributed by atoms with van der Waals surface area (Å²) in [5.41, 5.74) is 1.72. The number of pyridine rings is 2. The first-order chi connectivity index (χ1) is 11.5. The van der Waals surface area contributed by atoms with Crippen LogP contribution in [0.3, 0.4) is 0 Å². The van der Waals surface area contributed by atoms with Gasteiger partial charge in [0.1, 0.15) is 5.82 Å². The molecule has 2 aromatic heterocycles. The fourth-order valence-electron chi connectivity index (χ4n) is 2.20. The van der Waals surface area contributed by atoms with Gasteiger partial charge in [0.2, 0.25) is 10.0 Å². The lowest BCUT2D eigenvalue weighted by atomic mass is 10.2. The van der Waals surface area contributed by atoms with E-state index in [4.69, 9.17) is 0 Å². The van der Waals surface area contributed by atoms with Crippen molar-refractivity contribution in [3.63, 3.8) is 0 Å². The highest BCUT2D eigenvalue weighted by Gasteiger charge is 2.10. The van der Waals surface area contributed by atoms with Crippen molar-refractivity contribution in [1.29, 1.82) is 0 Å². The number of sulfonamides is 1. The summed E-state index contributed by atoms with van der Waals surface area (Å²) in [6.45, 7) is 2.78. The van der Waals surface area contributed by atoms with E-state index in [2.05, 4.69) is 14.7 Å². The van der Waals surface area contributed by atoms with Crippen molar-refractivity contribution in [2.45, 2.75) is 26.2 Å². The predicted molar refractivity (Wildman–Crippen MR) is 97.8 cm³/mol. The summed E-state index contributed by atoms with van der Waals surface area (Å²) in [5, 5.41) is 0. The minimum atomic E-state index is -3.29. The molecule has 2 heterocycles. The van der Waals surface area contributed by atoms with Crippen molar-refractivity contribution in [3.8, 4) is 0 Å². The van der Waals surface area contributed by atoms with Gasteiger partial charge in [0.25, 0.3) is 0 Å². The van der Waals surface area contributed by atoms with Crippen molar-refractivity contribution < 1.29 is 8.42 Å². The topological polar surface area (TPSA) is 75.2 Å². The van der Waals surface area contributed by atoms with Gasteiger partial charge in [0, 0.05) is 26.0 Å². The van der Waals surface area contributed by atoms with Crippen molar-refractivity contribution in [3.05, 3.63) is 48.4 Å². The molecule has 130 valence electrons. The summed E-state index contributed by atoms with van der Waals surface area (Å²) in [6.07, 6.45) is 7.52. The average molecular weight is 348 g/mol. The maximum absolute atomic E-state index is 11.9. The highest BCUT2D eigenvalue weighted by atomic mass is 32.2. The normalized spacial score (nSPS) is 11.2. The molecule has 0 amide bonds. The summed E-state index contributed by atoms with van der Waals surface area (Å²) in [5.74, 6) is 0.942. The quantitative estimate of drug-likeness (QED) is 0.754. The number of anilines is 2. The molecule has 24 heavy (non-hydrogen) atoms. The number of rotatable bonds is 9. The van der Waals surface area contributed by atoms with Crippen LogP contribution in [0, 0.1) is 0 Å². The lowest BCUT2D eigenvalue weighted by Crippen LogP contribution is -2.21. The van der Waals surface area contributed by atoms with Crippen LogP contribution in [-0.4, -0.2) is 37.7 Å². The maximum atomic E-state index is 11.9. The fraction of sp³-hybridized carbons (Fsp3) is 0.412. The SMILES string of the molecule is CCCCS(=O)(=O)Nc1ccc(N(C)CCc2ccncc2)nc1. The van der Waals surface area contributed by atoms with Gasteiger partial charge in [-0.15, -0.1) is 0 Å². The van der Waals surface area contributed by atoms with Gasteiger partial charge in [-0.3, -0.25) is 9.71 Å². The molecule has 7 heteroatoms. The third-order valence-electron chi connectivity index (χ3n) is 3.66. The summed E-state index contributed by atoms with van der Waals surface area (Å²) in [4.78, 5) is 10.4. The van der Waals surface area contributed by atoms with Crippen molar-refractivity contribution in [2.24, 2.45) is 0 Å². The van der Waals surface area contributed by atoms with Gasteiger partial charge in [-0.25, -0.2) is 13.4 Å². The van der Waals surface area contributed by atoms with Crippen LogP contribution in [0.15, 0.2) is 42.9 Å². The van der Waals surface area contributed by atoms with Crippen LogP contribution < -0.4 is 9.62 Å². The van der Waals surface area contributed by atoms with Gasteiger partial charge in [0.15, 0.2) is 0 Å². The number of hydrogen-bond acceptors (Lipinski definition) is 5. The summed E-state index contributed by atoms with van der Waals surface area (Å²) in [6, 6.07) is 7.56. The Kier molecular flexibility index (Phi) is 6.54. The van der Waals surface area contributed by atoms with E-state index in [9.17, 15) is 8.42 Å². The molecule has 0 unspecified atom stereocenters. The largest absolute Gasteiger partial charge is 0.359 e. The molecule has 0 atom stereocenters. The highest BCUT2D eigenvalue weighted by molar-refractivity contribution is 7.92. The van der Waals surface area contributed by atoms with E-state index in [1.165, 1.54) is 5.56 Å². The molecular weight excluding hydrogens is 324 g/mol. The summed E-state index contributed by atoms with van der Waals surface area (Å²) >= 11 is 0. The van der Waals surface area contributed by atoms with Crippen molar-refractivity contribution in [2.75, 3.05) is 29.0 Å². The summed E-state index contributed by atoms with van der Waals surface area (Å²) in [7, 11) is -1.32. The molecule has 0 bridgehead atoms. The standard InChI is InChI=1S/C17H24N4O2S/c1-3-4-13-24(22,23)20-16-5-6-17(19-14-16)21(2)12-9-15-7-10-18-11-8-15/h5-8,10-11,14,20H,3-4,9,12-13H2,1-2H3. The molecule has 0 fully saturated rings. The second kappa shape index (κ2) is 8.63. The van der Waals surface area contributed by atoms with Crippen molar-refractivity contribution in [1.82, 2.24) is 9.97 Å². The zero-order valence-corrected chi connectivity index (χ0v) is 15.0. The van der Waals surface area contributed by atoms with Crippen LogP contribution in [0.2, 0.25) is 0 Å². The van der Waals surface area contributed by atoms with E-state index in [1.807, 2.05) is 37.1 Å². The second-order valence-electron chi connectivity index (χ2n) is 5.71. The van der Waals surface area contributed by atoms with Crippen LogP contribution in [-0.2, 0) is 16.4 Å². The zero-order chi connectivity index (χ0) is 17.4. The first kappa shape index (κ1) is 18.2. The van der Waals surface area contributed by atoms with E-state index in [0.29, 0.717) is 12.1 Å². The molecular formula is C17H24N4O2S. The Morgan fingerprint density at radius 3 is 2.54 bits per heavy atom. The van der Waals surface area contributed by atoms with Gasteiger partial charge in [-0.2, -0.15) is 0 Å². The first-order valence-corrected chi connectivity index (χ1v) is 9.72. The molecule has 0 saturated heterocycles. The smallest absolute Gasteiger partial charge is 0.232 e.